The number of fused-ring (bicyclic) bond motifs is 1. The van der Waals surface area contributed by atoms with Gasteiger partial charge in [0.05, 0.1) is 16.1 Å². The zero-order valence-electron chi connectivity index (χ0n) is 15.1. The Hall–Kier alpha value is -3.13. The lowest BCUT2D eigenvalue weighted by atomic mass is 10.2. The summed E-state index contributed by atoms with van der Waals surface area (Å²) in [5.41, 5.74) is 1.67. The van der Waals surface area contributed by atoms with Gasteiger partial charge in [-0.15, -0.1) is 6.58 Å². The van der Waals surface area contributed by atoms with Gasteiger partial charge in [-0.1, -0.05) is 30.3 Å². The highest BCUT2D eigenvalue weighted by Crippen LogP contribution is 2.32. The number of nitrogens with one attached hydrogen (secondary N) is 1. The van der Waals surface area contributed by atoms with Crippen LogP contribution in [0.5, 0.6) is 0 Å². The second kappa shape index (κ2) is 8.26. The largest absolute Gasteiger partial charge is 0.452 e. The van der Waals surface area contributed by atoms with Gasteiger partial charge < -0.3 is 10.1 Å². The molecule has 3 rings (SSSR count). The zero-order chi connectivity index (χ0) is 20.1. The van der Waals surface area contributed by atoms with Gasteiger partial charge in [-0.25, -0.2) is 13.2 Å². The van der Waals surface area contributed by atoms with E-state index in [0.717, 1.165) is 5.56 Å². The molecule has 2 aromatic carbocycles. The van der Waals surface area contributed by atoms with Crippen LogP contribution in [0.3, 0.4) is 0 Å². The van der Waals surface area contributed by atoms with Gasteiger partial charge in [0.15, 0.2) is 6.61 Å². The molecule has 7 nitrogen and oxygen atoms in total. The van der Waals surface area contributed by atoms with Crippen LogP contribution < -0.4 is 9.62 Å². The minimum atomic E-state index is -3.82. The number of sulfonamides is 1. The summed E-state index contributed by atoms with van der Waals surface area (Å²) in [6.07, 6.45) is 2.14. The minimum Gasteiger partial charge on any atom is -0.452 e. The van der Waals surface area contributed by atoms with Crippen molar-refractivity contribution in [2.75, 3.05) is 24.0 Å². The molecule has 1 N–H and O–H groups in total. The molecule has 0 radical (unpaired) electrons. The van der Waals surface area contributed by atoms with Gasteiger partial charge in [-0.2, -0.15) is 0 Å². The van der Waals surface area contributed by atoms with Crippen molar-refractivity contribution in [2.45, 2.75) is 11.3 Å². The Morgan fingerprint density at radius 1 is 1.18 bits per heavy atom. The van der Waals surface area contributed by atoms with Crippen molar-refractivity contribution in [3.8, 4) is 0 Å². The highest BCUT2D eigenvalue weighted by atomic mass is 32.2. The van der Waals surface area contributed by atoms with Gasteiger partial charge in [-0.3, -0.25) is 9.10 Å². The highest BCUT2D eigenvalue weighted by Gasteiger charge is 2.31. The van der Waals surface area contributed by atoms with Crippen molar-refractivity contribution < 1.29 is 22.7 Å². The summed E-state index contributed by atoms with van der Waals surface area (Å²) in [6, 6.07) is 12.9. The molecule has 1 aliphatic rings. The molecule has 146 valence electrons. The predicted octanol–water partition coefficient (Wildman–Crippen LogP) is 1.90. The van der Waals surface area contributed by atoms with Crippen LogP contribution >= 0.6 is 0 Å². The first kappa shape index (κ1) is 19.6. The number of hydrogen-bond acceptors (Lipinski definition) is 5. The Morgan fingerprint density at radius 3 is 2.75 bits per heavy atom. The van der Waals surface area contributed by atoms with Crippen LogP contribution in [0.4, 0.5) is 5.69 Å². The SMILES string of the molecule is C=CCNC(=O)COC(=O)c1cccc(S(=O)(=O)N2CCc3ccccc32)c1. The quantitative estimate of drug-likeness (QED) is 0.566. The first-order valence-electron chi connectivity index (χ1n) is 8.69. The van der Waals surface area contributed by atoms with E-state index in [-0.39, 0.29) is 17.0 Å². The number of amides is 1. The summed E-state index contributed by atoms with van der Waals surface area (Å²) in [5, 5.41) is 2.48. The normalized spacial score (nSPS) is 12.9. The van der Waals surface area contributed by atoms with Crippen molar-refractivity contribution in [1.82, 2.24) is 5.32 Å². The van der Waals surface area contributed by atoms with E-state index in [2.05, 4.69) is 11.9 Å². The van der Waals surface area contributed by atoms with Crippen molar-refractivity contribution in [1.29, 1.82) is 0 Å². The van der Waals surface area contributed by atoms with E-state index in [0.29, 0.717) is 18.7 Å². The van der Waals surface area contributed by atoms with Crippen LogP contribution in [-0.4, -0.2) is 40.0 Å². The van der Waals surface area contributed by atoms with Gasteiger partial charge >= 0.3 is 5.97 Å². The standard InChI is InChI=1S/C20H20N2O5S/c1-2-11-21-19(23)14-27-20(24)16-7-5-8-17(13-16)28(25,26)22-12-10-15-6-3-4-9-18(15)22/h2-9,13H,1,10-12,14H2,(H,21,23). The van der Waals surface area contributed by atoms with Crippen molar-refractivity contribution in [3.63, 3.8) is 0 Å². The van der Waals surface area contributed by atoms with Crippen molar-refractivity contribution in [3.05, 3.63) is 72.3 Å². The lowest BCUT2D eigenvalue weighted by molar-refractivity contribution is -0.124. The molecule has 1 heterocycles. The van der Waals surface area contributed by atoms with Gasteiger partial charge in [0.25, 0.3) is 15.9 Å². The molecule has 8 heteroatoms. The number of carbonyl (C=O) groups excluding carboxylic acids is 2. The molecule has 2 aromatic rings. The Labute approximate surface area is 163 Å². The van der Waals surface area contributed by atoms with Crippen molar-refractivity contribution in [2.24, 2.45) is 0 Å². The third kappa shape index (κ3) is 4.07. The van der Waals surface area contributed by atoms with E-state index < -0.39 is 28.5 Å². The summed E-state index contributed by atoms with van der Waals surface area (Å²) < 4.78 is 32.4. The molecule has 0 aliphatic carbocycles. The van der Waals surface area contributed by atoms with Crippen LogP contribution in [0.25, 0.3) is 0 Å². The first-order chi connectivity index (χ1) is 13.4. The van der Waals surface area contributed by atoms with Crippen LogP contribution in [0, 0.1) is 0 Å². The minimum absolute atomic E-state index is 0.00485. The molecule has 0 aromatic heterocycles. The number of esters is 1. The molecular formula is C20H20N2O5S. The maximum Gasteiger partial charge on any atom is 0.338 e. The smallest absolute Gasteiger partial charge is 0.338 e. The van der Waals surface area contributed by atoms with Crippen LogP contribution in [0.2, 0.25) is 0 Å². The van der Waals surface area contributed by atoms with Crippen molar-refractivity contribution >= 4 is 27.6 Å². The molecule has 0 saturated carbocycles. The highest BCUT2D eigenvalue weighted by molar-refractivity contribution is 7.92. The topological polar surface area (TPSA) is 92.8 Å². The Morgan fingerprint density at radius 2 is 1.96 bits per heavy atom. The lowest BCUT2D eigenvalue weighted by Gasteiger charge is -2.19. The number of rotatable bonds is 7. The average Bonchev–Trinajstić information content (AvgIpc) is 3.15. The van der Waals surface area contributed by atoms with E-state index in [9.17, 15) is 18.0 Å². The maximum absolute atomic E-state index is 13.1. The fraction of sp³-hybridized carbons (Fsp3) is 0.200. The fourth-order valence-electron chi connectivity index (χ4n) is 2.92. The summed E-state index contributed by atoms with van der Waals surface area (Å²) >= 11 is 0. The number of para-hydroxylation sites is 1. The summed E-state index contributed by atoms with van der Waals surface area (Å²) in [7, 11) is -3.82. The Balaban J connectivity index is 1.77. The van der Waals surface area contributed by atoms with Gasteiger partial charge in [-0.05, 0) is 36.2 Å². The Bertz CT molecular complexity index is 1020. The summed E-state index contributed by atoms with van der Waals surface area (Å²) in [5.74, 6) is -1.24. The van der Waals surface area contributed by atoms with Gasteiger partial charge in [0.1, 0.15) is 0 Å². The molecule has 0 saturated heterocycles. The van der Waals surface area contributed by atoms with E-state index in [1.165, 1.54) is 34.6 Å². The lowest BCUT2D eigenvalue weighted by Crippen LogP contribution is -2.29. The number of ether oxygens (including phenoxy) is 1. The molecule has 0 fully saturated rings. The first-order valence-corrected chi connectivity index (χ1v) is 10.1. The predicted molar refractivity (Wildman–Crippen MR) is 105 cm³/mol. The molecule has 1 amide bonds. The van der Waals surface area contributed by atoms with E-state index in [1.807, 2.05) is 12.1 Å². The van der Waals surface area contributed by atoms with Gasteiger partial charge in [0.2, 0.25) is 0 Å². The van der Waals surface area contributed by atoms with E-state index >= 15 is 0 Å². The number of hydrogen-bond donors (Lipinski definition) is 1. The molecule has 0 atom stereocenters. The van der Waals surface area contributed by atoms with E-state index in [4.69, 9.17) is 4.74 Å². The van der Waals surface area contributed by atoms with Crippen LogP contribution in [-0.2, 0) is 26.0 Å². The second-order valence-electron chi connectivity index (χ2n) is 6.15. The number of benzene rings is 2. The molecule has 28 heavy (non-hydrogen) atoms. The van der Waals surface area contributed by atoms with Gasteiger partial charge in [0, 0.05) is 13.1 Å². The molecular weight excluding hydrogens is 380 g/mol. The molecule has 0 bridgehead atoms. The Kier molecular flexibility index (Phi) is 5.79. The zero-order valence-corrected chi connectivity index (χ0v) is 15.9. The fourth-order valence-corrected chi connectivity index (χ4v) is 4.47. The number of nitrogens with zero attached hydrogens (tertiary/aromatic N) is 1. The number of anilines is 1. The third-order valence-corrected chi connectivity index (χ3v) is 6.09. The van der Waals surface area contributed by atoms with Crippen LogP contribution in [0.1, 0.15) is 15.9 Å². The molecule has 0 spiro atoms. The summed E-state index contributed by atoms with van der Waals surface area (Å²) in [6.45, 7) is 3.63. The average molecular weight is 400 g/mol. The monoisotopic (exact) mass is 400 g/mol. The third-order valence-electron chi connectivity index (χ3n) is 4.28. The van der Waals surface area contributed by atoms with Crippen LogP contribution in [0.15, 0.2) is 66.1 Å². The molecule has 1 aliphatic heterocycles. The maximum atomic E-state index is 13.1. The molecule has 0 unspecified atom stereocenters. The number of carbonyl (C=O) groups is 2. The summed E-state index contributed by atoms with van der Waals surface area (Å²) in [4.78, 5) is 23.7. The van der Waals surface area contributed by atoms with E-state index in [1.54, 1.807) is 12.1 Å². The second-order valence-corrected chi connectivity index (χ2v) is 8.01.